The standard InChI is InChI=1S/C20H18F3NO4S.C2H4S/c1-27-16(13-3-2-4-14(10-13)20(21,22)23)11-28-15-7-5-12(6-8-15)9-17-18(25)24-19(26)29-17;1-2-3/h2-8,10,16-17H,9,11H2,1H3,(H,24,25,26);2-3H,1H2. The Bertz CT molecular complexity index is 936. The molecule has 0 aromatic heterocycles. The molecule has 0 radical (unpaired) electrons. The predicted molar refractivity (Wildman–Crippen MR) is 121 cm³/mol. The number of alkyl halides is 3. The van der Waals surface area contributed by atoms with Crippen LogP contribution in [0.4, 0.5) is 18.0 Å². The molecule has 0 aliphatic carbocycles. The lowest BCUT2D eigenvalue weighted by Gasteiger charge is -2.18. The molecule has 1 N–H and O–H groups in total. The minimum absolute atomic E-state index is 0.0343. The second kappa shape index (κ2) is 12.0. The minimum Gasteiger partial charge on any atom is -0.491 e. The summed E-state index contributed by atoms with van der Waals surface area (Å²) in [4.78, 5) is 22.8. The molecule has 10 heteroatoms. The van der Waals surface area contributed by atoms with Crippen molar-refractivity contribution in [2.75, 3.05) is 13.7 Å². The van der Waals surface area contributed by atoms with Gasteiger partial charge in [0, 0.05) is 7.11 Å². The van der Waals surface area contributed by atoms with Crippen LogP contribution in [0.25, 0.3) is 0 Å². The predicted octanol–water partition coefficient (Wildman–Crippen LogP) is 5.43. The van der Waals surface area contributed by atoms with Gasteiger partial charge >= 0.3 is 6.18 Å². The molecule has 3 rings (SSSR count). The summed E-state index contributed by atoms with van der Waals surface area (Å²) in [5.41, 5.74) is 0.488. The van der Waals surface area contributed by atoms with E-state index in [0.29, 0.717) is 17.7 Å². The SMILES string of the molecule is C=CS.COC(COc1ccc(CC2SC(=O)NC2=O)cc1)c1cccc(C(F)(F)F)c1. The number of hydrogen-bond acceptors (Lipinski definition) is 6. The summed E-state index contributed by atoms with van der Waals surface area (Å²) in [5, 5.41) is 2.89. The van der Waals surface area contributed by atoms with Crippen molar-refractivity contribution in [2.45, 2.75) is 24.0 Å². The van der Waals surface area contributed by atoms with E-state index in [1.807, 2.05) is 0 Å². The summed E-state index contributed by atoms with van der Waals surface area (Å²) in [5.74, 6) is 0.215. The van der Waals surface area contributed by atoms with Crippen molar-refractivity contribution in [2.24, 2.45) is 0 Å². The van der Waals surface area contributed by atoms with Crippen LogP contribution in [0.5, 0.6) is 5.75 Å². The van der Waals surface area contributed by atoms with E-state index in [2.05, 4.69) is 24.5 Å². The second-order valence-corrected chi connectivity index (χ2v) is 8.11. The van der Waals surface area contributed by atoms with Crippen LogP contribution in [0, 0.1) is 0 Å². The molecule has 32 heavy (non-hydrogen) atoms. The fraction of sp³-hybridized carbons (Fsp3) is 0.273. The summed E-state index contributed by atoms with van der Waals surface area (Å²) in [6, 6.07) is 11.9. The maximum atomic E-state index is 12.9. The van der Waals surface area contributed by atoms with Gasteiger partial charge in [0.15, 0.2) is 0 Å². The molecule has 0 bridgehead atoms. The van der Waals surface area contributed by atoms with Gasteiger partial charge in [0.25, 0.3) is 5.24 Å². The summed E-state index contributed by atoms with van der Waals surface area (Å²) < 4.78 is 49.6. The lowest BCUT2D eigenvalue weighted by Crippen LogP contribution is -2.25. The molecule has 1 heterocycles. The molecule has 2 amide bonds. The Labute approximate surface area is 193 Å². The number of imide groups is 1. The number of nitrogens with one attached hydrogen (secondary N) is 1. The zero-order valence-corrected chi connectivity index (χ0v) is 18.8. The Morgan fingerprint density at radius 1 is 1.22 bits per heavy atom. The van der Waals surface area contributed by atoms with Gasteiger partial charge in [-0.3, -0.25) is 14.9 Å². The number of benzene rings is 2. The second-order valence-electron chi connectivity index (χ2n) is 6.57. The van der Waals surface area contributed by atoms with Gasteiger partial charge in [-0.25, -0.2) is 0 Å². The summed E-state index contributed by atoms with van der Waals surface area (Å²) >= 11 is 4.52. The first-order chi connectivity index (χ1) is 15.2. The van der Waals surface area contributed by atoms with Gasteiger partial charge < -0.3 is 9.47 Å². The molecule has 0 saturated carbocycles. The van der Waals surface area contributed by atoms with Crippen LogP contribution in [-0.4, -0.2) is 30.1 Å². The summed E-state index contributed by atoms with van der Waals surface area (Å²) in [6.07, 6.45) is -4.68. The molecule has 172 valence electrons. The lowest BCUT2D eigenvalue weighted by atomic mass is 10.1. The number of thioether (sulfide) groups is 1. The molecule has 1 saturated heterocycles. The fourth-order valence-electron chi connectivity index (χ4n) is 2.85. The van der Waals surface area contributed by atoms with Crippen molar-refractivity contribution in [3.63, 3.8) is 0 Å². The van der Waals surface area contributed by atoms with Crippen molar-refractivity contribution in [1.29, 1.82) is 0 Å². The molecule has 5 nitrogen and oxygen atoms in total. The normalized spacial score (nSPS) is 16.6. The summed E-state index contributed by atoms with van der Waals surface area (Å²) in [7, 11) is 1.41. The van der Waals surface area contributed by atoms with Gasteiger partial charge in [-0.05, 0) is 47.2 Å². The Balaban J connectivity index is 0.00000114. The van der Waals surface area contributed by atoms with Crippen molar-refractivity contribution < 1.29 is 32.2 Å². The number of carbonyl (C=O) groups excluding carboxylic acids is 2. The maximum absolute atomic E-state index is 12.9. The number of carbonyl (C=O) groups is 2. The quantitative estimate of drug-likeness (QED) is 0.513. The number of ether oxygens (including phenoxy) is 2. The van der Waals surface area contributed by atoms with E-state index in [9.17, 15) is 22.8 Å². The Morgan fingerprint density at radius 2 is 1.88 bits per heavy atom. The third-order valence-corrected chi connectivity index (χ3v) is 5.36. The van der Waals surface area contributed by atoms with Crippen LogP contribution in [0.1, 0.15) is 22.8 Å². The highest BCUT2D eigenvalue weighted by molar-refractivity contribution is 8.15. The smallest absolute Gasteiger partial charge is 0.416 e. The molecule has 0 spiro atoms. The van der Waals surface area contributed by atoms with Crippen molar-refractivity contribution in [1.82, 2.24) is 5.32 Å². The third kappa shape index (κ3) is 7.61. The number of methoxy groups -OCH3 is 1. The number of amides is 2. The van der Waals surface area contributed by atoms with Crippen LogP contribution < -0.4 is 10.1 Å². The number of hydrogen-bond donors (Lipinski definition) is 2. The average Bonchev–Trinajstić information content (AvgIpc) is 3.06. The van der Waals surface area contributed by atoms with Crippen molar-refractivity contribution in [3.8, 4) is 5.75 Å². The monoisotopic (exact) mass is 485 g/mol. The lowest BCUT2D eigenvalue weighted by molar-refractivity contribution is -0.137. The van der Waals surface area contributed by atoms with E-state index in [0.717, 1.165) is 29.5 Å². The number of thiol groups is 1. The molecule has 1 fully saturated rings. The Hall–Kier alpha value is -2.43. The van der Waals surface area contributed by atoms with E-state index in [1.165, 1.54) is 18.6 Å². The van der Waals surface area contributed by atoms with Crippen molar-refractivity contribution >= 4 is 35.5 Å². The highest BCUT2D eigenvalue weighted by Crippen LogP contribution is 2.31. The minimum atomic E-state index is -4.43. The van der Waals surface area contributed by atoms with Gasteiger partial charge in [-0.1, -0.05) is 42.6 Å². The maximum Gasteiger partial charge on any atom is 0.416 e. The molecule has 2 unspecified atom stereocenters. The van der Waals surface area contributed by atoms with Crippen LogP contribution in [0.2, 0.25) is 0 Å². The van der Waals surface area contributed by atoms with Crippen LogP contribution in [-0.2, 0) is 22.1 Å². The highest BCUT2D eigenvalue weighted by atomic mass is 32.2. The zero-order valence-electron chi connectivity index (χ0n) is 17.1. The number of halogens is 3. The van der Waals surface area contributed by atoms with Crippen LogP contribution >= 0.6 is 24.4 Å². The zero-order chi connectivity index (χ0) is 23.7. The first-order valence-electron chi connectivity index (χ1n) is 9.36. The first kappa shape index (κ1) is 25.8. The topological polar surface area (TPSA) is 64.6 Å². The molecule has 2 aromatic rings. The van der Waals surface area contributed by atoms with Gasteiger partial charge in [-0.15, -0.1) is 0 Å². The van der Waals surface area contributed by atoms with Gasteiger partial charge in [-0.2, -0.15) is 25.8 Å². The fourth-order valence-corrected chi connectivity index (χ4v) is 3.71. The Morgan fingerprint density at radius 3 is 2.41 bits per heavy atom. The third-order valence-electron chi connectivity index (χ3n) is 4.38. The van der Waals surface area contributed by atoms with Crippen LogP contribution in [0.15, 0.2) is 60.5 Å². The van der Waals surface area contributed by atoms with Gasteiger partial charge in [0.2, 0.25) is 5.91 Å². The van der Waals surface area contributed by atoms with Crippen LogP contribution in [0.3, 0.4) is 0 Å². The average molecular weight is 486 g/mol. The molecular formula is C22H22F3NO4S2. The summed E-state index contributed by atoms with van der Waals surface area (Å²) in [6.45, 7) is 3.26. The van der Waals surface area contributed by atoms with E-state index in [1.54, 1.807) is 30.3 Å². The highest BCUT2D eigenvalue weighted by Gasteiger charge is 2.32. The molecule has 1 aliphatic heterocycles. The van der Waals surface area contributed by atoms with E-state index >= 15 is 0 Å². The Kier molecular flexibility index (Phi) is 9.67. The molecule has 1 aliphatic rings. The van der Waals surface area contributed by atoms with E-state index in [4.69, 9.17) is 9.47 Å². The van der Waals surface area contributed by atoms with Crippen molar-refractivity contribution in [3.05, 3.63) is 77.2 Å². The van der Waals surface area contributed by atoms with Gasteiger partial charge in [0.05, 0.1) is 10.8 Å². The number of rotatable bonds is 7. The van der Waals surface area contributed by atoms with E-state index in [-0.39, 0.29) is 17.8 Å². The molecule has 2 atom stereocenters. The first-order valence-corrected chi connectivity index (χ1v) is 10.8. The molecule has 2 aromatic carbocycles. The van der Waals surface area contributed by atoms with E-state index < -0.39 is 23.1 Å². The van der Waals surface area contributed by atoms with Gasteiger partial charge in [0.1, 0.15) is 18.5 Å². The largest absolute Gasteiger partial charge is 0.491 e. The molecular weight excluding hydrogens is 463 g/mol.